The Morgan fingerprint density at radius 2 is 2.12 bits per heavy atom. The van der Waals surface area contributed by atoms with E-state index in [1.807, 2.05) is 31.2 Å². The van der Waals surface area contributed by atoms with Crippen LogP contribution in [0.2, 0.25) is 0 Å². The minimum Gasteiger partial charge on any atom is -0.467 e. The SMILES string of the molecule is COc1nc(=O)c(-c2cccc(C)c2)nn1C. The molecule has 0 radical (unpaired) electrons. The molecule has 1 heterocycles. The molecule has 5 heteroatoms. The molecule has 0 amide bonds. The fourth-order valence-electron chi connectivity index (χ4n) is 1.60. The van der Waals surface area contributed by atoms with Gasteiger partial charge in [-0.1, -0.05) is 23.8 Å². The van der Waals surface area contributed by atoms with Gasteiger partial charge in [0.2, 0.25) is 0 Å². The molecule has 0 bridgehead atoms. The Balaban J connectivity index is 2.61. The molecule has 0 N–H and O–H groups in total. The van der Waals surface area contributed by atoms with Gasteiger partial charge in [-0.05, 0) is 13.0 Å². The van der Waals surface area contributed by atoms with E-state index in [9.17, 15) is 4.79 Å². The van der Waals surface area contributed by atoms with E-state index in [4.69, 9.17) is 4.74 Å². The molecule has 2 rings (SSSR count). The summed E-state index contributed by atoms with van der Waals surface area (Å²) >= 11 is 0. The zero-order valence-electron chi connectivity index (χ0n) is 9.97. The van der Waals surface area contributed by atoms with E-state index in [-0.39, 0.29) is 11.6 Å². The highest BCUT2D eigenvalue weighted by Crippen LogP contribution is 2.14. The first kappa shape index (κ1) is 11.3. The van der Waals surface area contributed by atoms with Crippen molar-refractivity contribution in [2.75, 3.05) is 7.11 Å². The van der Waals surface area contributed by atoms with Crippen LogP contribution in [0.25, 0.3) is 11.3 Å². The molecule has 17 heavy (non-hydrogen) atoms. The molecule has 2 aromatic rings. The second kappa shape index (κ2) is 4.37. The molecule has 0 aliphatic heterocycles. The second-order valence-electron chi connectivity index (χ2n) is 3.75. The lowest BCUT2D eigenvalue weighted by Gasteiger charge is -2.06. The maximum Gasteiger partial charge on any atom is 0.316 e. The van der Waals surface area contributed by atoms with Crippen molar-refractivity contribution in [1.29, 1.82) is 0 Å². The van der Waals surface area contributed by atoms with Gasteiger partial charge < -0.3 is 4.74 Å². The highest BCUT2D eigenvalue weighted by atomic mass is 16.5. The van der Waals surface area contributed by atoms with Crippen LogP contribution in [-0.4, -0.2) is 21.9 Å². The first-order chi connectivity index (χ1) is 8.11. The Morgan fingerprint density at radius 1 is 1.35 bits per heavy atom. The summed E-state index contributed by atoms with van der Waals surface area (Å²) in [7, 11) is 3.14. The summed E-state index contributed by atoms with van der Waals surface area (Å²) in [5.74, 6) is 0. The van der Waals surface area contributed by atoms with E-state index in [0.717, 1.165) is 11.1 Å². The van der Waals surface area contributed by atoms with Crippen LogP contribution in [0.15, 0.2) is 29.1 Å². The number of hydrogen-bond donors (Lipinski definition) is 0. The number of aromatic nitrogens is 3. The summed E-state index contributed by atoms with van der Waals surface area (Å²) in [4.78, 5) is 15.6. The van der Waals surface area contributed by atoms with Crippen molar-refractivity contribution in [2.45, 2.75) is 6.92 Å². The van der Waals surface area contributed by atoms with Gasteiger partial charge in [0, 0.05) is 12.6 Å². The molecule has 0 aliphatic rings. The smallest absolute Gasteiger partial charge is 0.316 e. The first-order valence-electron chi connectivity index (χ1n) is 5.18. The number of benzene rings is 1. The highest BCUT2D eigenvalue weighted by Gasteiger charge is 2.10. The predicted molar refractivity (Wildman–Crippen MR) is 64.0 cm³/mol. The number of aryl methyl sites for hydroxylation is 2. The fraction of sp³-hybridized carbons (Fsp3) is 0.250. The summed E-state index contributed by atoms with van der Waals surface area (Å²) in [5, 5.41) is 4.17. The second-order valence-corrected chi connectivity index (χ2v) is 3.75. The van der Waals surface area contributed by atoms with Crippen LogP contribution in [0.5, 0.6) is 6.01 Å². The number of nitrogens with zero attached hydrogens (tertiary/aromatic N) is 3. The van der Waals surface area contributed by atoms with Crippen molar-refractivity contribution in [3.8, 4) is 17.3 Å². The minimum atomic E-state index is -0.384. The molecule has 5 nitrogen and oxygen atoms in total. The van der Waals surface area contributed by atoms with Gasteiger partial charge in [0.05, 0.1) is 7.11 Å². The quantitative estimate of drug-likeness (QED) is 0.778. The molecule has 0 aliphatic carbocycles. The molecule has 1 aromatic carbocycles. The third kappa shape index (κ3) is 2.18. The monoisotopic (exact) mass is 231 g/mol. The van der Waals surface area contributed by atoms with Crippen molar-refractivity contribution in [3.63, 3.8) is 0 Å². The van der Waals surface area contributed by atoms with E-state index in [0.29, 0.717) is 5.69 Å². The van der Waals surface area contributed by atoms with Gasteiger partial charge >= 0.3 is 11.6 Å². The maximum atomic E-state index is 11.8. The molecular weight excluding hydrogens is 218 g/mol. The minimum absolute atomic E-state index is 0.200. The van der Waals surface area contributed by atoms with Crippen LogP contribution < -0.4 is 10.3 Å². The van der Waals surface area contributed by atoms with Gasteiger partial charge in [0.25, 0.3) is 0 Å². The molecule has 0 atom stereocenters. The standard InChI is InChI=1S/C12H13N3O2/c1-8-5-4-6-9(7-8)10-11(16)13-12(17-3)15(2)14-10/h4-7H,1-3H3. The van der Waals surface area contributed by atoms with Gasteiger partial charge in [-0.25, -0.2) is 4.68 Å². The average molecular weight is 231 g/mol. The van der Waals surface area contributed by atoms with Crippen molar-refractivity contribution in [3.05, 3.63) is 40.2 Å². The summed E-state index contributed by atoms with van der Waals surface area (Å²) in [6, 6.07) is 7.79. The first-order valence-corrected chi connectivity index (χ1v) is 5.18. The van der Waals surface area contributed by atoms with Crippen LogP contribution in [-0.2, 0) is 7.05 Å². The summed E-state index contributed by atoms with van der Waals surface area (Å²) < 4.78 is 6.37. The fourth-order valence-corrected chi connectivity index (χ4v) is 1.60. The Hall–Kier alpha value is -2.17. The number of hydrogen-bond acceptors (Lipinski definition) is 4. The van der Waals surface area contributed by atoms with E-state index >= 15 is 0 Å². The van der Waals surface area contributed by atoms with Crippen molar-refractivity contribution >= 4 is 0 Å². The van der Waals surface area contributed by atoms with E-state index in [2.05, 4.69) is 10.1 Å². The van der Waals surface area contributed by atoms with Crippen LogP contribution >= 0.6 is 0 Å². The largest absolute Gasteiger partial charge is 0.467 e. The zero-order valence-corrected chi connectivity index (χ0v) is 9.97. The van der Waals surface area contributed by atoms with Gasteiger partial charge in [-0.15, -0.1) is 0 Å². The summed E-state index contributed by atoms with van der Waals surface area (Å²) in [6.07, 6.45) is 0. The van der Waals surface area contributed by atoms with Gasteiger partial charge in [-0.3, -0.25) is 4.79 Å². The van der Waals surface area contributed by atoms with Crippen LogP contribution in [0.3, 0.4) is 0 Å². The van der Waals surface area contributed by atoms with Crippen molar-refractivity contribution in [1.82, 2.24) is 14.8 Å². The third-order valence-corrected chi connectivity index (χ3v) is 2.40. The maximum absolute atomic E-state index is 11.8. The Labute approximate surface area is 98.7 Å². The normalized spacial score (nSPS) is 10.3. The van der Waals surface area contributed by atoms with Crippen molar-refractivity contribution < 1.29 is 4.74 Å². The van der Waals surface area contributed by atoms with Crippen LogP contribution in [0.4, 0.5) is 0 Å². The van der Waals surface area contributed by atoms with Gasteiger partial charge in [0.1, 0.15) is 0 Å². The highest BCUT2D eigenvalue weighted by molar-refractivity contribution is 5.58. The van der Waals surface area contributed by atoms with E-state index in [1.54, 1.807) is 7.05 Å². The lowest BCUT2D eigenvalue weighted by Crippen LogP contribution is -2.18. The van der Waals surface area contributed by atoms with Crippen molar-refractivity contribution in [2.24, 2.45) is 7.05 Å². The summed E-state index contributed by atoms with van der Waals surface area (Å²) in [6.45, 7) is 1.96. The third-order valence-electron chi connectivity index (χ3n) is 2.40. The molecule has 0 spiro atoms. The Bertz CT molecular complexity index is 605. The molecule has 0 unspecified atom stereocenters. The molecular formula is C12H13N3O2. The topological polar surface area (TPSA) is 57.0 Å². The van der Waals surface area contributed by atoms with Crippen LogP contribution in [0, 0.1) is 6.92 Å². The molecule has 1 aromatic heterocycles. The Kier molecular flexibility index (Phi) is 2.91. The number of ether oxygens (including phenoxy) is 1. The molecule has 0 fully saturated rings. The van der Waals surface area contributed by atoms with Gasteiger partial charge in [-0.2, -0.15) is 10.1 Å². The number of methoxy groups -OCH3 is 1. The number of rotatable bonds is 2. The van der Waals surface area contributed by atoms with E-state index < -0.39 is 0 Å². The van der Waals surface area contributed by atoms with Crippen LogP contribution in [0.1, 0.15) is 5.56 Å². The average Bonchev–Trinajstić information content (AvgIpc) is 2.31. The molecule has 0 saturated carbocycles. The lowest BCUT2D eigenvalue weighted by molar-refractivity contribution is 0.345. The molecule has 0 saturated heterocycles. The van der Waals surface area contributed by atoms with E-state index in [1.165, 1.54) is 11.8 Å². The predicted octanol–water partition coefficient (Wildman–Crippen LogP) is 1.16. The van der Waals surface area contributed by atoms with Gasteiger partial charge in [0.15, 0.2) is 5.69 Å². The molecule has 88 valence electrons. The zero-order chi connectivity index (χ0) is 12.4. The lowest BCUT2D eigenvalue weighted by atomic mass is 10.1. The summed E-state index contributed by atoms with van der Waals surface area (Å²) in [5.41, 5.74) is 1.78. The Morgan fingerprint density at radius 3 is 2.76 bits per heavy atom.